The average molecular weight is 348 g/mol. The van der Waals surface area contributed by atoms with Crippen molar-refractivity contribution in [2.24, 2.45) is 5.92 Å². The van der Waals surface area contributed by atoms with E-state index in [-0.39, 0.29) is 17.7 Å². The molecular formula is C22H24N2O2. The summed E-state index contributed by atoms with van der Waals surface area (Å²) >= 11 is 0. The largest absolute Gasteiger partial charge is 0.467 e. The summed E-state index contributed by atoms with van der Waals surface area (Å²) in [7, 11) is 0. The molecule has 0 aromatic heterocycles. The lowest BCUT2D eigenvalue weighted by atomic mass is 9.69. The fourth-order valence-electron chi connectivity index (χ4n) is 5.07. The van der Waals surface area contributed by atoms with E-state index < -0.39 is 5.72 Å². The maximum absolute atomic E-state index is 12.4. The third-order valence-corrected chi connectivity index (χ3v) is 6.48. The van der Waals surface area contributed by atoms with E-state index in [1.165, 1.54) is 11.1 Å². The molecule has 26 heavy (non-hydrogen) atoms. The number of likely N-dealkylation sites (tertiary alicyclic amines) is 1. The molecule has 3 aliphatic rings. The summed E-state index contributed by atoms with van der Waals surface area (Å²) in [5.74, 6) is 1.58. The monoisotopic (exact) mass is 348 g/mol. The third kappa shape index (κ3) is 2.36. The number of amides is 1. The molecule has 1 N–H and O–H groups in total. The van der Waals surface area contributed by atoms with Gasteiger partial charge in [-0.05, 0) is 24.1 Å². The number of nitrogens with zero attached hydrogens (tertiary/aromatic N) is 1. The second-order valence-electron chi connectivity index (χ2n) is 7.83. The first-order chi connectivity index (χ1) is 12.7. The van der Waals surface area contributed by atoms with Crippen LogP contribution in [-0.2, 0) is 4.79 Å². The van der Waals surface area contributed by atoms with Crippen LogP contribution in [0.25, 0.3) is 0 Å². The quantitative estimate of drug-likeness (QED) is 0.904. The van der Waals surface area contributed by atoms with Crippen LogP contribution in [0.15, 0.2) is 54.6 Å². The Bertz CT molecular complexity index is 837. The number of benzene rings is 2. The van der Waals surface area contributed by atoms with Gasteiger partial charge >= 0.3 is 0 Å². The fraction of sp³-hybridized carbons (Fsp3) is 0.409. The van der Waals surface area contributed by atoms with Crippen molar-refractivity contribution in [2.45, 2.75) is 37.5 Å². The minimum absolute atomic E-state index is 0.116. The van der Waals surface area contributed by atoms with Gasteiger partial charge in [-0.15, -0.1) is 0 Å². The molecule has 1 amide bonds. The Kier molecular flexibility index (Phi) is 3.57. The molecule has 2 saturated heterocycles. The van der Waals surface area contributed by atoms with Crippen LogP contribution in [0.5, 0.6) is 5.75 Å². The second-order valence-corrected chi connectivity index (χ2v) is 7.83. The number of para-hydroxylation sites is 1. The lowest BCUT2D eigenvalue weighted by Crippen LogP contribution is -2.70. The van der Waals surface area contributed by atoms with E-state index in [9.17, 15) is 4.79 Å². The Morgan fingerprint density at radius 2 is 1.92 bits per heavy atom. The highest BCUT2D eigenvalue weighted by Gasteiger charge is 2.57. The molecule has 0 unspecified atom stereocenters. The maximum atomic E-state index is 12.4. The van der Waals surface area contributed by atoms with Gasteiger partial charge in [-0.25, -0.2) is 0 Å². The zero-order valence-corrected chi connectivity index (χ0v) is 15.0. The number of piperidine rings is 2. The number of carbonyl (C=O) groups excluding carboxylic acids is 1. The van der Waals surface area contributed by atoms with Gasteiger partial charge in [-0.1, -0.05) is 48.5 Å². The molecule has 0 aliphatic carbocycles. The van der Waals surface area contributed by atoms with Crippen LogP contribution in [0, 0.1) is 5.92 Å². The second kappa shape index (κ2) is 5.85. The van der Waals surface area contributed by atoms with Gasteiger partial charge < -0.3 is 10.1 Å². The van der Waals surface area contributed by atoms with Gasteiger partial charge in [-0.3, -0.25) is 9.69 Å². The Labute approximate surface area is 154 Å². The molecule has 4 heteroatoms. The van der Waals surface area contributed by atoms with Crippen LogP contribution < -0.4 is 10.1 Å². The Hall–Kier alpha value is -2.33. The topological polar surface area (TPSA) is 41.6 Å². The number of hydrogen-bond acceptors (Lipinski definition) is 3. The molecule has 134 valence electrons. The van der Waals surface area contributed by atoms with E-state index in [4.69, 9.17) is 4.74 Å². The van der Waals surface area contributed by atoms with Crippen LogP contribution in [0.3, 0.4) is 0 Å². The SMILES string of the molecule is C[C@@H](c1ccccc1)N1CC[C@@]23NC(=O)C[C@@H](c4ccccc4O2)[C@H]3C1. The van der Waals surface area contributed by atoms with Gasteiger partial charge in [0.2, 0.25) is 5.91 Å². The van der Waals surface area contributed by atoms with E-state index in [1.54, 1.807) is 0 Å². The van der Waals surface area contributed by atoms with Crippen molar-refractivity contribution in [3.63, 3.8) is 0 Å². The van der Waals surface area contributed by atoms with Crippen LogP contribution in [0.2, 0.25) is 0 Å². The van der Waals surface area contributed by atoms with E-state index in [0.717, 1.165) is 25.3 Å². The predicted molar refractivity (Wildman–Crippen MR) is 99.8 cm³/mol. The highest BCUT2D eigenvalue weighted by atomic mass is 16.5. The van der Waals surface area contributed by atoms with E-state index >= 15 is 0 Å². The molecule has 2 fully saturated rings. The number of ether oxygens (including phenoxy) is 1. The molecule has 4 nitrogen and oxygen atoms in total. The normalized spacial score (nSPS) is 31.2. The molecule has 0 spiro atoms. The standard InChI is InChI=1S/C22H24N2O2/c1-15(16-7-3-2-4-8-16)24-12-11-22-19(14-24)18(13-21(25)23-22)17-9-5-6-10-20(17)26-22/h2-10,15,18-19H,11-14H2,1H3,(H,23,25)/t15-,18-,19+,22+/m0/s1. The number of fused-ring (bicyclic) bond motifs is 2. The van der Waals surface area contributed by atoms with Crippen molar-refractivity contribution in [2.75, 3.05) is 13.1 Å². The summed E-state index contributed by atoms with van der Waals surface area (Å²) in [5.41, 5.74) is 1.99. The molecule has 3 aliphatic heterocycles. The molecule has 2 aromatic carbocycles. The molecular weight excluding hydrogens is 324 g/mol. The first kappa shape index (κ1) is 15.9. The molecule has 3 heterocycles. The first-order valence-electron chi connectivity index (χ1n) is 9.54. The fourth-order valence-corrected chi connectivity index (χ4v) is 5.07. The zero-order chi connectivity index (χ0) is 17.7. The molecule has 2 aromatic rings. The smallest absolute Gasteiger partial charge is 0.223 e. The van der Waals surface area contributed by atoms with Gasteiger partial charge in [0.1, 0.15) is 5.75 Å². The van der Waals surface area contributed by atoms with Gasteiger partial charge in [-0.2, -0.15) is 0 Å². The van der Waals surface area contributed by atoms with Crippen LogP contribution >= 0.6 is 0 Å². The molecule has 5 rings (SSSR count). The van der Waals surface area contributed by atoms with E-state index in [1.807, 2.05) is 12.1 Å². The Balaban J connectivity index is 1.48. The average Bonchev–Trinajstić information content (AvgIpc) is 2.67. The molecule has 2 bridgehead atoms. The van der Waals surface area contributed by atoms with Gasteiger partial charge in [0, 0.05) is 43.8 Å². The van der Waals surface area contributed by atoms with Gasteiger partial charge in [0.05, 0.1) is 0 Å². The highest BCUT2D eigenvalue weighted by molar-refractivity contribution is 5.80. The summed E-state index contributed by atoms with van der Waals surface area (Å²) in [5, 5.41) is 3.22. The van der Waals surface area contributed by atoms with Crippen molar-refractivity contribution in [3.05, 3.63) is 65.7 Å². The van der Waals surface area contributed by atoms with E-state index in [0.29, 0.717) is 12.5 Å². The lowest BCUT2D eigenvalue weighted by molar-refractivity contribution is -0.154. The first-order valence-corrected chi connectivity index (χ1v) is 9.54. The Morgan fingerprint density at radius 3 is 2.77 bits per heavy atom. The highest BCUT2D eigenvalue weighted by Crippen LogP contribution is 2.51. The maximum Gasteiger partial charge on any atom is 0.223 e. The lowest BCUT2D eigenvalue weighted by Gasteiger charge is -2.56. The molecule has 4 atom stereocenters. The molecule has 0 saturated carbocycles. The van der Waals surface area contributed by atoms with Crippen LogP contribution in [0.4, 0.5) is 0 Å². The van der Waals surface area contributed by atoms with Crippen LogP contribution in [0.1, 0.15) is 42.9 Å². The zero-order valence-electron chi connectivity index (χ0n) is 15.0. The summed E-state index contributed by atoms with van der Waals surface area (Å²) in [6.07, 6.45) is 1.38. The number of hydrogen-bond donors (Lipinski definition) is 1. The summed E-state index contributed by atoms with van der Waals surface area (Å²) < 4.78 is 6.44. The third-order valence-electron chi connectivity index (χ3n) is 6.48. The van der Waals surface area contributed by atoms with E-state index in [2.05, 4.69) is 59.6 Å². The van der Waals surface area contributed by atoms with Gasteiger partial charge in [0.25, 0.3) is 0 Å². The van der Waals surface area contributed by atoms with Crippen molar-refractivity contribution in [1.82, 2.24) is 10.2 Å². The van der Waals surface area contributed by atoms with Crippen LogP contribution in [-0.4, -0.2) is 29.6 Å². The number of carbonyl (C=O) groups is 1. The summed E-state index contributed by atoms with van der Waals surface area (Å²) in [4.78, 5) is 14.9. The summed E-state index contributed by atoms with van der Waals surface area (Å²) in [6.45, 7) is 4.14. The summed E-state index contributed by atoms with van der Waals surface area (Å²) in [6, 6.07) is 19.3. The minimum atomic E-state index is -0.540. The number of nitrogens with one attached hydrogen (secondary N) is 1. The Morgan fingerprint density at radius 1 is 1.15 bits per heavy atom. The van der Waals surface area contributed by atoms with Crippen molar-refractivity contribution in [1.29, 1.82) is 0 Å². The van der Waals surface area contributed by atoms with Gasteiger partial charge in [0.15, 0.2) is 5.72 Å². The van der Waals surface area contributed by atoms with Crippen molar-refractivity contribution >= 4 is 5.91 Å². The minimum Gasteiger partial charge on any atom is -0.467 e. The predicted octanol–water partition coefficient (Wildman–Crippen LogP) is 3.46. The van der Waals surface area contributed by atoms with Crippen molar-refractivity contribution < 1.29 is 9.53 Å². The molecule has 0 radical (unpaired) electrons. The number of rotatable bonds is 2. The van der Waals surface area contributed by atoms with Crippen molar-refractivity contribution in [3.8, 4) is 5.75 Å².